The summed E-state index contributed by atoms with van der Waals surface area (Å²) < 4.78 is 15.7. The molecule has 8 heteroatoms. The highest BCUT2D eigenvalue weighted by atomic mass is 32.1. The first-order valence-electron chi connectivity index (χ1n) is 9.25. The molecule has 1 fully saturated rings. The molecule has 7 nitrogen and oxygen atoms in total. The standard InChI is InChI=1S/C20H24N2O5S/c1-25-16-9-8-14(10-17(16)26-2)15-12-28-20(21-15)22-18(23)11-27-19(24)13-6-4-3-5-7-13/h8-10,12-13H,3-7,11H2,1-2H3,(H,21,22,23). The van der Waals surface area contributed by atoms with Crippen LogP contribution in [0.3, 0.4) is 0 Å². The molecule has 2 aromatic rings. The highest BCUT2D eigenvalue weighted by Gasteiger charge is 2.23. The number of carbonyl (C=O) groups is 2. The van der Waals surface area contributed by atoms with Crippen molar-refractivity contribution in [2.24, 2.45) is 5.92 Å². The molecule has 1 aromatic heterocycles. The zero-order valence-corrected chi connectivity index (χ0v) is 16.8. The van der Waals surface area contributed by atoms with Gasteiger partial charge in [-0.05, 0) is 31.0 Å². The number of thiazole rings is 1. The lowest BCUT2D eigenvalue weighted by Gasteiger charge is -2.19. The van der Waals surface area contributed by atoms with Gasteiger partial charge in [-0.1, -0.05) is 19.3 Å². The molecule has 0 saturated heterocycles. The number of methoxy groups -OCH3 is 2. The topological polar surface area (TPSA) is 86.8 Å². The number of aromatic nitrogens is 1. The predicted octanol–water partition coefficient (Wildman–Crippen LogP) is 3.89. The SMILES string of the molecule is COc1ccc(-c2csc(NC(=O)COC(=O)C3CCCCC3)n2)cc1OC. The van der Waals surface area contributed by atoms with Crippen LogP contribution in [-0.4, -0.2) is 37.7 Å². The Kier molecular flexibility index (Phi) is 6.86. The van der Waals surface area contributed by atoms with Crippen molar-refractivity contribution in [1.29, 1.82) is 0 Å². The van der Waals surface area contributed by atoms with Gasteiger partial charge in [0.2, 0.25) is 0 Å². The molecule has 28 heavy (non-hydrogen) atoms. The van der Waals surface area contributed by atoms with Crippen LogP contribution in [0, 0.1) is 5.92 Å². The van der Waals surface area contributed by atoms with Crippen molar-refractivity contribution in [1.82, 2.24) is 4.98 Å². The number of amides is 1. The summed E-state index contributed by atoms with van der Waals surface area (Å²) in [7, 11) is 3.15. The zero-order chi connectivity index (χ0) is 19.9. The Morgan fingerprint density at radius 2 is 1.89 bits per heavy atom. The Bertz CT molecular complexity index is 830. The number of hydrogen-bond donors (Lipinski definition) is 1. The first-order valence-corrected chi connectivity index (χ1v) is 10.1. The van der Waals surface area contributed by atoms with Crippen LogP contribution in [0.15, 0.2) is 23.6 Å². The van der Waals surface area contributed by atoms with Crippen molar-refractivity contribution in [3.63, 3.8) is 0 Å². The van der Waals surface area contributed by atoms with Gasteiger partial charge in [0.15, 0.2) is 23.2 Å². The number of anilines is 1. The van der Waals surface area contributed by atoms with E-state index in [9.17, 15) is 9.59 Å². The molecule has 1 aliphatic rings. The summed E-state index contributed by atoms with van der Waals surface area (Å²) in [6, 6.07) is 5.50. The number of benzene rings is 1. The summed E-state index contributed by atoms with van der Waals surface area (Å²) in [5.74, 6) is 0.499. The number of esters is 1. The summed E-state index contributed by atoms with van der Waals surface area (Å²) in [6.45, 7) is -0.291. The fourth-order valence-corrected chi connectivity index (χ4v) is 3.94. The Balaban J connectivity index is 1.55. The minimum Gasteiger partial charge on any atom is -0.493 e. The van der Waals surface area contributed by atoms with Crippen LogP contribution < -0.4 is 14.8 Å². The maximum Gasteiger partial charge on any atom is 0.309 e. The summed E-state index contributed by atoms with van der Waals surface area (Å²) in [4.78, 5) is 28.5. The minimum absolute atomic E-state index is 0.0712. The van der Waals surface area contributed by atoms with Crippen LogP contribution in [0.2, 0.25) is 0 Å². The van der Waals surface area contributed by atoms with Crippen LogP contribution in [0.25, 0.3) is 11.3 Å². The average molecular weight is 404 g/mol. The molecule has 0 bridgehead atoms. The van der Waals surface area contributed by atoms with E-state index in [1.807, 2.05) is 17.5 Å². The number of hydrogen-bond acceptors (Lipinski definition) is 7. The third-order valence-electron chi connectivity index (χ3n) is 4.71. The van der Waals surface area contributed by atoms with E-state index in [1.165, 1.54) is 11.3 Å². The largest absolute Gasteiger partial charge is 0.493 e. The summed E-state index contributed by atoms with van der Waals surface area (Å²) in [5, 5.41) is 4.96. The molecular formula is C20H24N2O5S. The molecule has 0 atom stereocenters. The minimum atomic E-state index is -0.391. The molecule has 1 aliphatic carbocycles. The predicted molar refractivity (Wildman–Crippen MR) is 107 cm³/mol. The highest BCUT2D eigenvalue weighted by Crippen LogP contribution is 2.33. The van der Waals surface area contributed by atoms with E-state index < -0.39 is 5.91 Å². The van der Waals surface area contributed by atoms with E-state index in [-0.39, 0.29) is 18.5 Å². The second-order valence-corrected chi connectivity index (χ2v) is 7.46. The second kappa shape index (κ2) is 9.54. The normalized spacial score (nSPS) is 14.4. The second-order valence-electron chi connectivity index (χ2n) is 6.60. The van der Waals surface area contributed by atoms with E-state index in [0.717, 1.165) is 37.7 Å². The maximum atomic E-state index is 12.1. The Hall–Kier alpha value is -2.61. The van der Waals surface area contributed by atoms with Gasteiger partial charge in [0.25, 0.3) is 5.91 Å². The van der Waals surface area contributed by atoms with E-state index in [4.69, 9.17) is 14.2 Å². The molecule has 1 heterocycles. The van der Waals surface area contributed by atoms with Crippen LogP contribution in [-0.2, 0) is 14.3 Å². The highest BCUT2D eigenvalue weighted by molar-refractivity contribution is 7.14. The Labute approximate surface area is 168 Å². The third kappa shape index (κ3) is 5.01. The lowest BCUT2D eigenvalue weighted by Crippen LogP contribution is -2.25. The molecule has 1 aromatic carbocycles. The fourth-order valence-electron chi connectivity index (χ4n) is 3.21. The molecule has 0 radical (unpaired) electrons. The lowest BCUT2D eigenvalue weighted by molar-refractivity contribution is -0.152. The maximum absolute atomic E-state index is 12.1. The zero-order valence-electron chi connectivity index (χ0n) is 16.0. The van der Waals surface area contributed by atoms with Crippen molar-refractivity contribution in [3.05, 3.63) is 23.6 Å². The van der Waals surface area contributed by atoms with Crippen LogP contribution in [0.5, 0.6) is 11.5 Å². The van der Waals surface area contributed by atoms with Crippen molar-refractivity contribution >= 4 is 28.3 Å². The molecule has 150 valence electrons. The quantitative estimate of drug-likeness (QED) is 0.705. The molecular weight excluding hydrogens is 380 g/mol. The van der Waals surface area contributed by atoms with Crippen LogP contribution in [0.4, 0.5) is 5.13 Å². The van der Waals surface area contributed by atoms with Gasteiger partial charge in [0, 0.05) is 10.9 Å². The number of nitrogens with zero attached hydrogens (tertiary/aromatic N) is 1. The number of ether oxygens (including phenoxy) is 3. The van der Waals surface area contributed by atoms with E-state index >= 15 is 0 Å². The van der Waals surface area contributed by atoms with Gasteiger partial charge in [-0.25, -0.2) is 4.98 Å². The van der Waals surface area contributed by atoms with Crippen molar-refractivity contribution in [3.8, 4) is 22.8 Å². The van der Waals surface area contributed by atoms with Crippen molar-refractivity contribution in [2.45, 2.75) is 32.1 Å². The van der Waals surface area contributed by atoms with Gasteiger partial charge in [0.05, 0.1) is 25.8 Å². The van der Waals surface area contributed by atoms with Crippen LogP contribution in [0.1, 0.15) is 32.1 Å². The molecule has 1 N–H and O–H groups in total. The number of rotatable bonds is 7. The molecule has 0 spiro atoms. The number of nitrogens with one attached hydrogen (secondary N) is 1. The lowest BCUT2D eigenvalue weighted by atomic mass is 9.89. The Morgan fingerprint density at radius 3 is 2.61 bits per heavy atom. The van der Waals surface area contributed by atoms with Crippen molar-refractivity contribution < 1.29 is 23.8 Å². The van der Waals surface area contributed by atoms with E-state index in [1.54, 1.807) is 20.3 Å². The smallest absolute Gasteiger partial charge is 0.309 e. The monoisotopic (exact) mass is 404 g/mol. The molecule has 1 amide bonds. The van der Waals surface area contributed by atoms with Crippen molar-refractivity contribution in [2.75, 3.05) is 26.1 Å². The van der Waals surface area contributed by atoms with Gasteiger partial charge >= 0.3 is 5.97 Å². The first kappa shape index (κ1) is 20.1. The van der Waals surface area contributed by atoms with E-state index in [0.29, 0.717) is 22.3 Å². The average Bonchev–Trinajstić information content (AvgIpc) is 3.20. The summed E-state index contributed by atoms with van der Waals surface area (Å²) in [5.41, 5.74) is 1.55. The van der Waals surface area contributed by atoms with Gasteiger partial charge < -0.3 is 14.2 Å². The fraction of sp³-hybridized carbons (Fsp3) is 0.450. The summed E-state index contributed by atoms with van der Waals surface area (Å²) in [6.07, 6.45) is 4.95. The van der Waals surface area contributed by atoms with E-state index in [2.05, 4.69) is 10.3 Å². The first-order chi connectivity index (χ1) is 13.6. The summed E-state index contributed by atoms with van der Waals surface area (Å²) >= 11 is 1.30. The Morgan fingerprint density at radius 1 is 1.14 bits per heavy atom. The van der Waals surface area contributed by atoms with Gasteiger partial charge in [-0.15, -0.1) is 11.3 Å². The molecule has 3 rings (SSSR count). The van der Waals surface area contributed by atoms with Crippen LogP contribution >= 0.6 is 11.3 Å². The van der Waals surface area contributed by atoms with Gasteiger partial charge in [0.1, 0.15) is 0 Å². The van der Waals surface area contributed by atoms with Gasteiger partial charge in [-0.2, -0.15) is 0 Å². The molecule has 0 unspecified atom stereocenters. The molecule has 1 saturated carbocycles. The third-order valence-corrected chi connectivity index (χ3v) is 5.47. The molecule has 0 aliphatic heterocycles. The number of carbonyl (C=O) groups excluding carboxylic acids is 2. The van der Waals surface area contributed by atoms with Gasteiger partial charge in [-0.3, -0.25) is 14.9 Å².